The number of aromatic nitrogens is 5. The molecule has 0 radical (unpaired) electrons. The number of carbonyl (C=O) groups is 1. The summed E-state index contributed by atoms with van der Waals surface area (Å²) in [6, 6.07) is 13.3. The molecule has 1 amide bonds. The van der Waals surface area contributed by atoms with Gasteiger partial charge in [-0.1, -0.05) is 24.3 Å². The first kappa shape index (κ1) is 19.5. The van der Waals surface area contributed by atoms with Crippen molar-refractivity contribution in [3.05, 3.63) is 100.0 Å². The first-order valence-electron chi connectivity index (χ1n) is 11.0. The Hall–Kier alpha value is -4.20. The molecule has 2 N–H and O–H groups in total. The summed E-state index contributed by atoms with van der Waals surface area (Å²) in [6.07, 6.45) is 9.96. The molecule has 1 aliphatic rings. The molecule has 1 aliphatic carbocycles. The Labute approximate surface area is 188 Å². The molecule has 4 heterocycles. The number of aromatic amines is 1. The Balaban J connectivity index is 1.15. The quantitative estimate of drug-likeness (QED) is 0.425. The highest BCUT2D eigenvalue weighted by Crippen LogP contribution is 2.39. The van der Waals surface area contributed by atoms with Gasteiger partial charge in [0.1, 0.15) is 5.65 Å². The number of fused-ring (bicyclic) bond motifs is 2. The largest absolute Gasteiger partial charge is 0.348 e. The lowest BCUT2D eigenvalue weighted by molar-refractivity contribution is 0.0951. The van der Waals surface area contributed by atoms with Crippen LogP contribution in [0.15, 0.2) is 72.0 Å². The molecule has 8 nitrogen and oxygen atoms in total. The van der Waals surface area contributed by atoms with Gasteiger partial charge in [-0.05, 0) is 42.0 Å². The van der Waals surface area contributed by atoms with E-state index in [0.29, 0.717) is 18.0 Å². The third-order valence-corrected chi connectivity index (χ3v) is 6.07. The molecule has 1 saturated carbocycles. The second-order valence-electron chi connectivity index (χ2n) is 8.55. The van der Waals surface area contributed by atoms with E-state index in [-0.39, 0.29) is 18.0 Å². The molecule has 4 aromatic heterocycles. The van der Waals surface area contributed by atoms with Gasteiger partial charge in [0, 0.05) is 42.1 Å². The summed E-state index contributed by atoms with van der Waals surface area (Å²) in [5.41, 5.74) is 4.94. The molecular weight excluding hydrogens is 416 g/mol. The number of rotatable bonds is 6. The van der Waals surface area contributed by atoms with Crippen LogP contribution < -0.4 is 10.9 Å². The number of hydrogen-bond acceptors (Lipinski definition) is 4. The number of nitrogens with one attached hydrogen (secondary N) is 2. The van der Waals surface area contributed by atoms with Crippen LogP contribution in [0.1, 0.15) is 45.9 Å². The summed E-state index contributed by atoms with van der Waals surface area (Å²) in [7, 11) is 0. The van der Waals surface area contributed by atoms with Gasteiger partial charge in [0.15, 0.2) is 0 Å². The number of H-pyrrole nitrogens is 1. The zero-order valence-electron chi connectivity index (χ0n) is 17.9. The second-order valence-corrected chi connectivity index (χ2v) is 8.55. The Kier molecular flexibility index (Phi) is 4.57. The molecule has 0 spiro atoms. The van der Waals surface area contributed by atoms with Crippen LogP contribution >= 0.6 is 0 Å². The van der Waals surface area contributed by atoms with Gasteiger partial charge in [-0.15, -0.1) is 0 Å². The molecule has 5 aromatic rings. The number of imidazole rings is 1. The van der Waals surface area contributed by atoms with E-state index < -0.39 is 0 Å². The molecular formula is C25H22N6O2. The molecule has 0 bridgehead atoms. The van der Waals surface area contributed by atoms with Crippen molar-refractivity contribution in [2.45, 2.75) is 31.8 Å². The third-order valence-electron chi connectivity index (χ3n) is 6.07. The number of pyridine rings is 2. The van der Waals surface area contributed by atoms with E-state index in [2.05, 4.69) is 43.1 Å². The van der Waals surface area contributed by atoms with E-state index in [0.717, 1.165) is 27.8 Å². The predicted octanol–water partition coefficient (Wildman–Crippen LogP) is 3.23. The Bertz CT molecular complexity index is 1560. The fourth-order valence-electron chi connectivity index (χ4n) is 4.23. The van der Waals surface area contributed by atoms with Crippen molar-refractivity contribution >= 4 is 22.5 Å². The zero-order chi connectivity index (χ0) is 22.4. The number of amides is 1. The van der Waals surface area contributed by atoms with Crippen molar-refractivity contribution < 1.29 is 4.79 Å². The van der Waals surface area contributed by atoms with Gasteiger partial charge >= 0.3 is 0 Å². The molecule has 8 heteroatoms. The van der Waals surface area contributed by atoms with Gasteiger partial charge in [-0.25, -0.2) is 4.98 Å². The standard InChI is InChI=1S/C25H22N6O2/c32-24-9-18(21-3-1-2-4-22(21)29-24)10-26-25(33)19-11-27-31(13-19)15-20-14-30-12-17(16-5-6-16)7-8-23(30)28-20/h1-4,7-9,11-14,16H,5-6,10,15H2,(H,26,33)(H,29,32). The number of para-hydroxylation sites is 1. The fraction of sp³-hybridized carbons (Fsp3) is 0.200. The molecule has 33 heavy (non-hydrogen) atoms. The minimum atomic E-state index is -0.241. The van der Waals surface area contributed by atoms with Crippen molar-refractivity contribution in [2.75, 3.05) is 0 Å². The maximum atomic E-state index is 12.7. The van der Waals surface area contributed by atoms with Crippen LogP contribution in [-0.2, 0) is 13.1 Å². The molecule has 0 atom stereocenters. The number of benzene rings is 1. The van der Waals surface area contributed by atoms with Crippen LogP contribution in [0.25, 0.3) is 16.6 Å². The lowest BCUT2D eigenvalue weighted by Gasteiger charge is -2.07. The molecule has 0 saturated heterocycles. The van der Waals surface area contributed by atoms with E-state index in [1.807, 2.05) is 30.5 Å². The van der Waals surface area contributed by atoms with Crippen molar-refractivity contribution in [1.82, 2.24) is 29.5 Å². The van der Waals surface area contributed by atoms with Gasteiger partial charge in [-0.3, -0.25) is 14.3 Å². The third kappa shape index (κ3) is 3.91. The van der Waals surface area contributed by atoms with Crippen LogP contribution in [0, 0.1) is 0 Å². The number of carbonyl (C=O) groups excluding carboxylic acids is 1. The van der Waals surface area contributed by atoms with Crippen LogP contribution in [0.4, 0.5) is 0 Å². The minimum Gasteiger partial charge on any atom is -0.348 e. The maximum Gasteiger partial charge on any atom is 0.254 e. The number of hydrogen-bond donors (Lipinski definition) is 2. The molecule has 1 aromatic carbocycles. The van der Waals surface area contributed by atoms with E-state index in [9.17, 15) is 9.59 Å². The van der Waals surface area contributed by atoms with Crippen molar-refractivity contribution in [3.63, 3.8) is 0 Å². The highest BCUT2D eigenvalue weighted by Gasteiger charge is 2.23. The first-order valence-corrected chi connectivity index (χ1v) is 11.0. The predicted molar refractivity (Wildman–Crippen MR) is 124 cm³/mol. The summed E-state index contributed by atoms with van der Waals surface area (Å²) in [5, 5.41) is 8.13. The lowest BCUT2D eigenvalue weighted by Crippen LogP contribution is -2.23. The second kappa shape index (κ2) is 7.74. The topological polar surface area (TPSA) is 97.1 Å². The van der Waals surface area contributed by atoms with Crippen molar-refractivity contribution in [3.8, 4) is 0 Å². The first-order chi connectivity index (χ1) is 16.1. The minimum absolute atomic E-state index is 0.192. The molecule has 0 aliphatic heterocycles. The van der Waals surface area contributed by atoms with Crippen LogP contribution in [0.3, 0.4) is 0 Å². The van der Waals surface area contributed by atoms with Crippen molar-refractivity contribution in [1.29, 1.82) is 0 Å². The summed E-state index contributed by atoms with van der Waals surface area (Å²) < 4.78 is 3.77. The van der Waals surface area contributed by atoms with Gasteiger partial charge in [0.25, 0.3) is 5.91 Å². The molecule has 0 unspecified atom stereocenters. The van der Waals surface area contributed by atoms with Crippen molar-refractivity contribution in [2.24, 2.45) is 0 Å². The van der Waals surface area contributed by atoms with Gasteiger partial charge < -0.3 is 14.7 Å². The van der Waals surface area contributed by atoms with Crippen LogP contribution in [0.5, 0.6) is 0 Å². The van der Waals surface area contributed by atoms with Gasteiger partial charge in [0.05, 0.1) is 24.0 Å². The zero-order valence-corrected chi connectivity index (χ0v) is 17.9. The summed E-state index contributed by atoms with van der Waals surface area (Å²) >= 11 is 0. The SMILES string of the molecule is O=C(NCc1cc(=O)[nH]c2ccccc12)c1cnn(Cc2cn3cc(C4CC4)ccc3n2)c1. The smallest absolute Gasteiger partial charge is 0.254 e. The highest BCUT2D eigenvalue weighted by atomic mass is 16.1. The van der Waals surface area contributed by atoms with Gasteiger partial charge in [0.2, 0.25) is 5.56 Å². The molecule has 1 fully saturated rings. The van der Waals surface area contributed by atoms with E-state index in [4.69, 9.17) is 0 Å². The van der Waals surface area contributed by atoms with Crippen LogP contribution in [0.2, 0.25) is 0 Å². The maximum absolute atomic E-state index is 12.7. The van der Waals surface area contributed by atoms with Crippen LogP contribution in [-0.4, -0.2) is 30.1 Å². The van der Waals surface area contributed by atoms with E-state index >= 15 is 0 Å². The monoisotopic (exact) mass is 438 g/mol. The summed E-state index contributed by atoms with van der Waals surface area (Å²) in [5.74, 6) is 0.453. The lowest BCUT2D eigenvalue weighted by atomic mass is 10.1. The average molecular weight is 438 g/mol. The Morgan fingerprint density at radius 2 is 2.00 bits per heavy atom. The fourth-order valence-corrected chi connectivity index (χ4v) is 4.23. The van der Waals surface area contributed by atoms with Gasteiger partial charge in [-0.2, -0.15) is 5.10 Å². The molecule has 164 valence electrons. The summed E-state index contributed by atoms with van der Waals surface area (Å²) in [4.78, 5) is 32.1. The Morgan fingerprint density at radius 1 is 1.12 bits per heavy atom. The summed E-state index contributed by atoms with van der Waals surface area (Å²) in [6.45, 7) is 0.733. The average Bonchev–Trinajstić information content (AvgIpc) is 3.43. The Morgan fingerprint density at radius 3 is 2.88 bits per heavy atom. The number of nitrogens with zero attached hydrogens (tertiary/aromatic N) is 4. The molecule has 6 rings (SSSR count). The highest BCUT2D eigenvalue weighted by molar-refractivity contribution is 5.94. The van der Waals surface area contributed by atoms with E-state index in [1.165, 1.54) is 24.5 Å². The van der Waals surface area contributed by atoms with E-state index in [1.54, 1.807) is 17.1 Å². The normalized spacial score (nSPS) is 13.6.